The number of sulfonamides is 1. The Balaban J connectivity index is 2.03. The lowest BCUT2D eigenvalue weighted by molar-refractivity contribution is 0.145. The van der Waals surface area contributed by atoms with Crippen LogP contribution in [0.5, 0.6) is 0 Å². The Morgan fingerprint density at radius 3 is 2.50 bits per heavy atom. The number of rotatable bonds is 5. The standard InChI is InChI=1S/C16H17F2N3O2S/c1-11-6-5-9-13(11)15-10-14(16(17)18)19-21(15)20-24(22,23)12-7-3-2-4-8-12/h2-4,7-8,10,16,20H,5-6,9H2,1H3. The van der Waals surface area contributed by atoms with Crippen molar-refractivity contribution < 1.29 is 17.2 Å². The van der Waals surface area contributed by atoms with Crippen LogP contribution in [0.25, 0.3) is 5.57 Å². The first-order chi connectivity index (χ1) is 11.4. The zero-order valence-corrected chi connectivity index (χ0v) is 13.9. The average molecular weight is 353 g/mol. The maximum Gasteiger partial charge on any atom is 0.282 e. The van der Waals surface area contributed by atoms with Gasteiger partial charge in [-0.1, -0.05) is 23.8 Å². The van der Waals surface area contributed by atoms with Gasteiger partial charge in [-0.2, -0.15) is 23.1 Å². The second-order valence-electron chi connectivity index (χ2n) is 5.69. The van der Waals surface area contributed by atoms with Crippen LogP contribution in [-0.4, -0.2) is 18.3 Å². The highest BCUT2D eigenvalue weighted by molar-refractivity contribution is 7.92. The Morgan fingerprint density at radius 2 is 1.92 bits per heavy atom. The molecule has 128 valence electrons. The van der Waals surface area contributed by atoms with E-state index in [1.807, 2.05) is 6.92 Å². The molecule has 1 aliphatic rings. The number of alkyl halides is 2. The molecule has 0 aliphatic heterocycles. The molecule has 8 heteroatoms. The quantitative estimate of drug-likeness (QED) is 0.891. The number of aromatic nitrogens is 2. The summed E-state index contributed by atoms with van der Waals surface area (Å²) in [4.78, 5) is 3.28. The van der Waals surface area contributed by atoms with E-state index in [1.54, 1.807) is 18.2 Å². The van der Waals surface area contributed by atoms with Gasteiger partial charge >= 0.3 is 0 Å². The molecular formula is C16H17F2N3O2S. The van der Waals surface area contributed by atoms with E-state index in [4.69, 9.17) is 0 Å². The fourth-order valence-corrected chi connectivity index (χ4v) is 3.79. The highest BCUT2D eigenvalue weighted by Gasteiger charge is 2.24. The van der Waals surface area contributed by atoms with Gasteiger partial charge in [0.25, 0.3) is 16.4 Å². The molecule has 0 unspecified atom stereocenters. The normalized spacial score (nSPS) is 15.3. The van der Waals surface area contributed by atoms with Gasteiger partial charge in [-0.3, -0.25) is 0 Å². The van der Waals surface area contributed by atoms with Crippen molar-refractivity contribution in [3.05, 3.63) is 53.4 Å². The van der Waals surface area contributed by atoms with Gasteiger partial charge in [-0.25, -0.2) is 8.78 Å². The van der Waals surface area contributed by atoms with Gasteiger partial charge in [0.2, 0.25) is 0 Å². The smallest absolute Gasteiger partial charge is 0.203 e. The summed E-state index contributed by atoms with van der Waals surface area (Å²) in [5, 5.41) is 3.74. The monoisotopic (exact) mass is 353 g/mol. The van der Waals surface area contributed by atoms with E-state index in [-0.39, 0.29) is 4.90 Å². The number of benzene rings is 1. The summed E-state index contributed by atoms with van der Waals surface area (Å²) in [7, 11) is -3.91. The minimum Gasteiger partial charge on any atom is -0.203 e. The topological polar surface area (TPSA) is 64.0 Å². The summed E-state index contributed by atoms with van der Waals surface area (Å²) in [5.74, 6) is 0. The molecule has 0 saturated heterocycles. The van der Waals surface area contributed by atoms with Crippen LogP contribution >= 0.6 is 0 Å². The number of nitrogens with zero attached hydrogens (tertiary/aromatic N) is 2. The molecule has 3 rings (SSSR count). The van der Waals surface area contributed by atoms with Crippen molar-refractivity contribution in [2.75, 3.05) is 4.83 Å². The Kier molecular flexibility index (Phi) is 4.40. The van der Waals surface area contributed by atoms with E-state index in [9.17, 15) is 17.2 Å². The second kappa shape index (κ2) is 6.35. The minimum atomic E-state index is -3.91. The van der Waals surface area contributed by atoms with E-state index < -0.39 is 22.1 Å². The number of hydrogen-bond acceptors (Lipinski definition) is 3. The molecule has 1 heterocycles. The highest BCUT2D eigenvalue weighted by Crippen LogP contribution is 2.34. The number of allylic oxidation sites excluding steroid dienone is 2. The Morgan fingerprint density at radius 1 is 1.21 bits per heavy atom. The molecule has 0 fully saturated rings. The summed E-state index contributed by atoms with van der Waals surface area (Å²) in [6, 6.07) is 8.99. The Bertz CT molecular complexity index is 874. The molecule has 0 radical (unpaired) electrons. The summed E-state index contributed by atoms with van der Waals surface area (Å²) >= 11 is 0. The van der Waals surface area contributed by atoms with Crippen LogP contribution in [0.1, 0.15) is 44.0 Å². The maximum atomic E-state index is 13.0. The largest absolute Gasteiger partial charge is 0.282 e. The highest BCUT2D eigenvalue weighted by atomic mass is 32.2. The third-order valence-corrected chi connectivity index (χ3v) is 5.32. The first kappa shape index (κ1) is 16.6. The molecule has 0 amide bonds. The molecular weight excluding hydrogens is 336 g/mol. The summed E-state index contributed by atoms with van der Waals surface area (Å²) < 4.78 is 51.0. The lowest BCUT2D eigenvalue weighted by atomic mass is 10.1. The molecule has 5 nitrogen and oxygen atoms in total. The average Bonchev–Trinajstić information content (AvgIpc) is 3.14. The third kappa shape index (κ3) is 3.19. The fourth-order valence-electron chi connectivity index (χ4n) is 2.80. The number of hydrogen-bond donors (Lipinski definition) is 1. The van der Waals surface area contributed by atoms with Crippen LogP contribution in [0.2, 0.25) is 0 Å². The number of nitrogens with one attached hydrogen (secondary N) is 1. The van der Waals surface area contributed by atoms with Gasteiger partial charge in [0.15, 0.2) is 0 Å². The van der Waals surface area contributed by atoms with Crippen LogP contribution in [0, 0.1) is 0 Å². The van der Waals surface area contributed by atoms with Gasteiger partial charge in [0.1, 0.15) is 5.69 Å². The van der Waals surface area contributed by atoms with E-state index in [1.165, 1.54) is 18.2 Å². The van der Waals surface area contributed by atoms with Crippen LogP contribution in [0.4, 0.5) is 8.78 Å². The van der Waals surface area contributed by atoms with Crippen molar-refractivity contribution in [2.24, 2.45) is 0 Å². The van der Waals surface area contributed by atoms with Crippen molar-refractivity contribution in [1.82, 2.24) is 9.89 Å². The molecule has 1 aromatic carbocycles. The van der Waals surface area contributed by atoms with Crippen LogP contribution < -0.4 is 4.83 Å². The summed E-state index contributed by atoms with van der Waals surface area (Å²) in [6.07, 6.45) is -0.265. The third-order valence-electron chi connectivity index (χ3n) is 4.01. The Hall–Kier alpha value is -2.22. The van der Waals surface area contributed by atoms with Gasteiger partial charge in [-0.05, 0) is 50.0 Å². The van der Waals surface area contributed by atoms with Crippen molar-refractivity contribution in [3.63, 3.8) is 0 Å². The molecule has 1 N–H and O–H groups in total. The van der Waals surface area contributed by atoms with Gasteiger partial charge < -0.3 is 0 Å². The second-order valence-corrected chi connectivity index (χ2v) is 7.35. The minimum absolute atomic E-state index is 0.0437. The fraction of sp³-hybridized carbons (Fsp3) is 0.312. The van der Waals surface area contributed by atoms with Crippen molar-refractivity contribution in [2.45, 2.75) is 37.5 Å². The lowest BCUT2D eigenvalue weighted by Gasteiger charge is -2.12. The van der Waals surface area contributed by atoms with Crippen LogP contribution in [0.15, 0.2) is 46.9 Å². The first-order valence-electron chi connectivity index (χ1n) is 7.53. The first-order valence-corrected chi connectivity index (χ1v) is 9.02. The molecule has 1 aromatic heterocycles. The zero-order chi connectivity index (χ0) is 17.3. The zero-order valence-electron chi connectivity index (χ0n) is 13.0. The Labute approximate surface area is 139 Å². The number of halogens is 2. The van der Waals surface area contributed by atoms with Gasteiger partial charge in [-0.15, -0.1) is 0 Å². The predicted octanol–water partition coefficient (Wildman–Crippen LogP) is 3.71. The SMILES string of the molecule is CC1=C(c2cc(C(F)F)nn2NS(=O)(=O)c2ccccc2)CCC1. The van der Waals surface area contributed by atoms with E-state index in [2.05, 4.69) is 9.93 Å². The molecule has 1 aliphatic carbocycles. The molecule has 0 spiro atoms. The van der Waals surface area contributed by atoms with Crippen LogP contribution in [-0.2, 0) is 10.0 Å². The van der Waals surface area contributed by atoms with Gasteiger partial charge in [0.05, 0.1) is 10.6 Å². The molecule has 0 bridgehead atoms. The van der Waals surface area contributed by atoms with Crippen molar-refractivity contribution in [3.8, 4) is 0 Å². The van der Waals surface area contributed by atoms with Crippen molar-refractivity contribution >= 4 is 15.6 Å². The van der Waals surface area contributed by atoms with Gasteiger partial charge in [0, 0.05) is 0 Å². The molecule has 2 aromatic rings. The van der Waals surface area contributed by atoms with E-state index in [0.717, 1.165) is 28.8 Å². The summed E-state index contributed by atoms with van der Waals surface area (Å²) in [5.41, 5.74) is 1.86. The summed E-state index contributed by atoms with van der Waals surface area (Å²) in [6.45, 7) is 1.92. The predicted molar refractivity (Wildman–Crippen MR) is 86.6 cm³/mol. The molecule has 0 atom stereocenters. The van der Waals surface area contributed by atoms with Crippen molar-refractivity contribution in [1.29, 1.82) is 0 Å². The van der Waals surface area contributed by atoms with Crippen LogP contribution in [0.3, 0.4) is 0 Å². The maximum absolute atomic E-state index is 13.0. The van der Waals surface area contributed by atoms with E-state index in [0.29, 0.717) is 12.1 Å². The van der Waals surface area contributed by atoms with E-state index >= 15 is 0 Å². The molecule has 24 heavy (non-hydrogen) atoms. The molecule has 0 saturated carbocycles. The lowest BCUT2D eigenvalue weighted by Crippen LogP contribution is -2.26.